The minimum Gasteiger partial charge on any atom is -0.301 e. The summed E-state index contributed by atoms with van der Waals surface area (Å²) in [7, 11) is 0. The lowest BCUT2D eigenvalue weighted by molar-refractivity contribution is -0.0162. The van der Waals surface area contributed by atoms with Gasteiger partial charge in [-0.15, -0.1) is 0 Å². The van der Waals surface area contributed by atoms with E-state index in [1.165, 1.54) is 0 Å². The Bertz CT molecular complexity index is 83.7. The molecule has 0 fully saturated rings. The van der Waals surface area contributed by atoms with Crippen molar-refractivity contribution in [1.29, 1.82) is 0 Å². The molecule has 1 N–H and O–H groups in total. The fraction of sp³-hybridized carbons (Fsp3) is 1.00. The van der Waals surface area contributed by atoms with Crippen LogP contribution in [-0.2, 0) is 4.84 Å². The molecule has 0 radical (unpaired) electrons. The molecule has 0 atom stereocenters. The molecule has 0 bridgehead atoms. The molecular weight excluding hydrogens is 126 g/mol. The first-order chi connectivity index (χ1) is 4.42. The molecule has 2 heteroatoms. The van der Waals surface area contributed by atoms with Gasteiger partial charge >= 0.3 is 0 Å². The van der Waals surface area contributed by atoms with Crippen LogP contribution in [0.1, 0.15) is 34.6 Å². The number of hydroxylamine groups is 1. The van der Waals surface area contributed by atoms with Crippen molar-refractivity contribution < 1.29 is 4.84 Å². The van der Waals surface area contributed by atoms with Crippen molar-refractivity contribution in [2.45, 2.75) is 40.7 Å². The Kier molecular flexibility index (Phi) is 3.91. The highest BCUT2D eigenvalue weighted by Gasteiger charge is 2.09. The van der Waals surface area contributed by atoms with Crippen LogP contribution in [0.3, 0.4) is 0 Å². The third-order valence-corrected chi connectivity index (χ3v) is 0.824. The number of hydrogen-bond donors (Lipinski definition) is 1. The topological polar surface area (TPSA) is 21.3 Å². The predicted octanol–water partition coefficient (Wildman–Crippen LogP) is 1.96. The van der Waals surface area contributed by atoms with Gasteiger partial charge in [0.15, 0.2) is 0 Å². The summed E-state index contributed by atoms with van der Waals surface area (Å²) in [6, 6.07) is 0.405. The molecule has 0 heterocycles. The van der Waals surface area contributed by atoms with Crippen molar-refractivity contribution >= 4 is 0 Å². The van der Waals surface area contributed by atoms with Gasteiger partial charge in [0.25, 0.3) is 0 Å². The molecule has 2 nitrogen and oxygen atoms in total. The smallest absolute Gasteiger partial charge is 0.0730 e. The van der Waals surface area contributed by atoms with Gasteiger partial charge in [0, 0.05) is 6.04 Å². The lowest BCUT2D eigenvalue weighted by atomic mass is 9.99. The Labute approximate surface area is 63.9 Å². The van der Waals surface area contributed by atoms with E-state index in [0.29, 0.717) is 6.04 Å². The van der Waals surface area contributed by atoms with E-state index in [1.54, 1.807) is 0 Å². The summed E-state index contributed by atoms with van der Waals surface area (Å²) < 4.78 is 0. The van der Waals surface area contributed by atoms with Crippen LogP contribution in [0.2, 0.25) is 0 Å². The highest BCUT2D eigenvalue weighted by molar-refractivity contribution is 4.58. The van der Waals surface area contributed by atoms with Gasteiger partial charge in [-0.1, -0.05) is 20.8 Å². The molecule has 0 saturated heterocycles. The maximum absolute atomic E-state index is 5.21. The zero-order valence-corrected chi connectivity index (χ0v) is 7.69. The average molecular weight is 145 g/mol. The van der Waals surface area contributed by atoms with E-state index in [0.717, 1.165) is 6.61 Å². The molecule has 0 aromatic heterocycles. The Morgan fingerprint density at radius 3 is 2.10 bits per heavy atom. The second kappa shape index (κ2) is 3.94. The third kappa shape index (κ3) is 7.92. The van der Waals surface area contributed by atoms with Crippen LogP contribution in [0.15, 0.2) is 0 Å². The van der Waals surface area contributed by atoms with Gasteiger partial charge in [0.05, 0.1) is 6.61 Å². The van der Waals surface area contributed by atoms with Gasteiger partial charge < -0.3 is 4.84 Å². The van der Waals surface area contributed by atoms with E-state index < -0.39 is 0 Å². The number of nitrogens with one attached hydrogen (secondary N) is 1. The van der Waals surface area contributed by atoms with Gasteiger partial charge in [0.1, 0.15) is 0 Å². The predicted molar refractivity (Wildman–Crippen MR) is 43.7 cm³/mol. The van der Waals surface area contributed by atoms with Crippen LogP contribution in [0, 0.1) is 5.41 Å². The van der Waals surface area contributed by atoms with E-state index in [9.17, 15) is 0 Å². The highest BCUT2D eigenvalue weighted by Crippen LogP contribution is 2.11. The van der Waals surface area contributed by atoms with Gasteiger partial charge in [-0.2, -0.15) is 0 Å². The molecular formula is C8H19NO. The molecule has 10 heavy (non-hydrogen) atoms. The maximum Gasteiger partial charge on any atom is 0.0730 e. The van der Waals surface area contributed by atoms with Gasteiger partial charge in [-0.25, -0.2) is 5.48 Å². The Morgan fingerprint density at radius 2 is 1.80 bits per heavy atom. The van der Waals surface area contributed by atoms with Gasteiger partial charge in [-0.3, -0.25) is 0 Å². The Morgan fingerprint density at radius 1 is 1.30 bits per heavy atom. The molecule has 0 aliphatic carbocycles. The molecule has 0 aliphatic rings. The summed E-state index contributed by atoms with van der Waals surface area (Å²) in [4.78, 5) is 5.21. The standard InChI is InChI=1S/C8H19NO/c1-7(2)9-10-6-8(3,4)5/h7,9H,6H2,1-5H3. The quantitative estimate of drug-likeness (QED) is 0.613. The first kappa shape index (κ1) is 9.92. The third-order valence-electron chi connectivity index (χ3n) is 0.824. The van der Waals surface area contributed by atoms with E-state index in [-0.39, 0.29) is 5.41 Å². The van der Waals surface area contributed by atoms with Gasteiger partial charge in [-0.05, 0) is 19.3 Å². The van der Waals surface area contributed by atoms with Crippen molar-refractivity contribution in [3.8, 4) is 0 Å². The molecule has 0 spiro atoms. The SMILES string of the molecule is CC(C)NOCC(C)(C)C. The van der Waals surface area contributed by atoms with Crippen LogP contribution >= 0.6 is 0 Å². The fourth-order valence-corrected chi connectivity index (χ4v) is 0.425. The number of rotatable bonds is 3. The first-order valence-corrected chi connectivity index (χ1v) is 3.79. The Hall–Kier alpha value is -0.0800. The Balaban J connectivity index is 3.21. The molecule has 0 aromatic rings. The van der Waals surface area contributed by atoms with Crippen LogP contribution in [-0.4, -0.2) is 12.6 Å². The normalized spacial score (nSPS) is 12.6. The molecule has 0 aromatic carbocycles. The summed E-state index contributed by atoms with van der Waals surface area (Å²) in [6.45, 7) is 11.3. The summed E-state index contributed by atoms with van der Waals surface area (Å²) in [5, 5.41) is 0. The van der Waals surface area contributed by atoms with Crippen LogP contribution in [0.5, 0.6) is 0 Å². The first-order valence-electron chi connectivity index (χ1n) is 3.79. The van der Waals surface area contributed by atoms with E-state index in [2.05, 4.69) is 40.1 Å². The summed E-state index contributed by atoms with van der Waals surface area (Å²) in [5.74, 6) is 0. The summed E-state index contributed by atoms with van der Waals surface area (Å²) >= 11 is 0. The summed E-state index contributed by atoms with van der Waals surface area (Å²) in [6.07, 6.45) is 0. The lowest BCUT2D eigenvalue weighted by Crippen LogP contribution is -2.28. The van der Waals surface area contributed by atoms with Crippen LogP contribution in [0.4, 0.5) is 0 Å². The van der Waals surface area contributed by atoms with E-state index in [4.69, 9.17) is 4.84 Å². The molecule has 0 unspecified atom stereocenters. The van der Waals surface area contributed by atoms with E-state index in [1.807, 2.05) is 0 Å². The van der Waals surface area contributed by atoms with Crippen LogP contribution in [0.25, 0.3) is 0 Å². The average Bonchev–Trinajstić information content (AvgIpc) is 1.59. The second-order valence-electron chi connectivity index (χ2n) is 4.12. The van der Waals surface area contributed by atoms with Gasteiger partial charge in [0.2, 0.25) is 0 Å². The zero-order chi connectivity index (χ0) is 8.20. The van der Waals surface area contributed by atoms with Crippen molar-refractivity contribution in [2.24, 2.45) is 5.41 Å². The molecule has 0 saturated carbocycles. The van der Waals surface area contributed by atoms with Crippen LogP contribution < -0.4 is 5.48 Å². The summed E-state index contributed by atoms with van der Waals surface area (Å²) in [5.41, 5.74) is 3.15. The fourth-order valence-electron chi connectivity index (χ4n) is 0.425. The van der Waals surface area contributed by atoms with Crippen molar-refractivity contribution in [3.63, 3.8) is 0 Å². The molecule has 62 valence electrons. The lowest BCUT2D eigenvalue weighted by Gasteiger charge is -2.18. The van der Waals surface area contributed by atoms with E-state index >= 15 is 0 Å². The minimum atomic E-state index is 0.252. The monoisotopic (exact) mass is 145 g/mol. The largest absolute Gasteiger partial charge is 0.301 e. The number of hydrogen-bond acceptors (Lipinski definition) is 2. The molecule has 0 aliphatic heterocycles. The van der Waals surface area contributed by atoms with Crippen molar-refractivity contribution in [3.05, 3.63) is 0 Å². The minimum absolute atomic E-state index is 0.252. The van der Waals surface area contributed by atoms with Crippen molar-refractivity contribution in [1.82, 2.24) is 5.48 Å². The van der Waals surface area contributed by atoms with Crippen molar-refractivity contribution in [2.75, 3.05) is 6.61 Å². The molecule has 0 rings (SSSR count). The maximum atomic E-state index is 5.21. The second-order valence-corrected chi connectivity index (χ2v) is 4.12. The molecule has 0 amide bonds. The highest BCUT2D eigenvalue weighted by atomic mass is 16.6. The zero-order valence-electron chi connectivity index (χ0n) is 7.69.